The zero-order valence-electron chi connectivity index (χ0n) is 10.0. The highest BCUT2D eigenvalue weighted by molar-refractivity contribution is 9.10. The number of furan rings is 1. The van der Waals surface area contributed by atoms with Crippen LogP contribution in [0.15, 0.2) is 45.7 Å². The molecule has 0 spiro atoms. The van der Waals surface area contributed by atoms with Crippen molar-refractivity contribution in [1.29, 1.82) is 0 Å². The van der Waals surface area contributed by atoms with Crippen LogP contribution in [0.1, 0.15) is 21.5 Å². The smallest absolute Gasteiger partial charge is 0.173 e. The molecule has 1 aromatic carbocycles. The van der Waals surface area contributed by atoms with Crippen LogP contribution in [0.3, 0.4) is 0 Å². The van der Waals surface area contributed by atoms with Gasteiger partial charge >= 0.3 is 0 Å². The summed E-state index contributed by atoms with van der Waals surface area (Å²) < 4.78 is 11.1. The predicted octanol–water partition coefficient (Wildman–Crippen LogP) is 4.72. The Labute approximate surface area is 124 Å². The van der Waals surface area contributed by atoms with Crippen molar-refractivity contribution >= 4 is 31.9 Å². The lowest BCUT2D eigenvalue weighted by atomic mass is 10.0. The third-order valence-electron chi connectivity index (χ3n) is 2.79. The van der Waals surface area contributed by atoms with Crippen LogP contribution < -0.4 is 0 Å². The predicted molar refractivity (Wildman–Crippen MR) is 79.2 cm³/mol. The fourth-order valence-electron chi connectivity index (χ4n) is 1.74. The average Bonchev–Trinajstić information content (AvgIpc) is 2.82. The molecule has 18 heavy (non-hydrogen) atoms. The zero-order valence-corrected chi connectivity index (χ0v) is 13.2. The number of ether oxygens (including phenoxy) is 1. The summed E-state index contributed by atoms with van der Waals surface area (Å²) in [5.41, 5.74) is 3.59. The van der Waals surface area contributed by atoms with E-state index in [2.05, 4.69) is 56.1 Å². The molecule has 1 atom stereocenters. The van der Waals surface area contributed by atoms with Crippen molar-refractivity contribution in [3.8, 4) is 0 Å². The van der Waals surface area contributed by atoms with Gasteiger partial charge in [0.2, 0.25) is 0 Å². The molecule has 0 fully saturated rings. The maximum absolute atomic E-state index is 5.25. The Kier molecular flexibility index (Phi) is 5.03. The molecule has 4 heteroatoms. The van der Waals surface area contributed by atoms with Crippen LogP contribution in [0.2, 0.25) is 0 Å². The summed E-state index contributed by atoms with van der Waals surface area (Å²) >= 11 is 7.09. The minimum Gasteiger partial charge on any atom is -0.457 e. The Hall–Kier alpha value is -0.580. The van der Waals surface area contributed by atoms with E-state index in [0.29, 0.717) is 0 Å². The second kappa shape index (κ2) is 6.55. The van der Waals surface area contributed by atoms with Gasteiger partial charge in [0.25, 0.3) is 0 Å². The van der Waals surface area contributed by atoms with Crippen molar-refractivity contribution < 1.29 is 9.15 Å². The molecule has 1 aromatic heterocycles. The molecular weight excluding hydrogens is 360 g/mol. The number of alkyl halides is 1. The highest BCUT2D eigenvalue weighted by Crippen LogP contribution is 2.35. The number of halogens is 2. The molecule has 2 rings (SSSR count). The molecule has 0 amide bonds. The second-order valence-electron chi connectivity index (χ2n) is 4.00. The standard InChI is InChI=1S/C14H14Br2O2/c1-17-8-6-10-2-4-11(5-3-10)13(15)12-7-9-18-14(12)16/h2-5,7,9,13H,6,8H2,1H3. The summed E-state index contributed by atoms with van der Waals surface area (Å²) in [7, 11) is 1.72. The minimum absolute atomic E-state index is 0.141. The number of hydrogen-bond donors (Lipinski definition) is 0. The summed E-state index contributed by atoms with van der Waals surface area (Å²) in [5, 5.41) is 0. The molecular formula is C14H14Br2O2. The maximum Gasteiger partial charge on any atom is 0.173 e. The van der Waals surface area contributed by atoms with Crippen molar-refractivity contribution in [3.63, 3.8) is 0 Å². The lowest BCUT2D eigenvalue weighted by molar-refractivity contribution is 0.202. The number of hydrogen-bond acceptors (Lipinski definition) is 2. The fourth-order valence-corrected chi connectivity index (χ4v) is 3.18. The first-order valence-electron chi connectivity index (χ1n) is 5.67. The minimum atomic E-state index is 0.141. The molecule has 0 radical (unpaired) electrons. The van der Waals surface area contributed by atoms with Gasteiger partial charge in [0.15, 0.2) is 4.67 Å². The van der Waals surface area contributed by atoms with Crippen LogP contribution in [0.4, 0.5) is 0 Å². The van der Waals surface area contributed by atoms with Crippen LogP contribution in [0, 0.1) is 0 Å². The van der Waals surface area contributed by atoms with Gasteiger partial charge in [-0.1, -0.05) is 40.2 Å². The molecule has 0 aliphatic carbocycles. The van der Waals surface area contributed by atoms with Crippen LogP contribution >= 0.6 is 31.9 Å². The van der Waals surface area contributed by atoms with E-state index in [1.807, 2.05) is 6.07 Å². The molecule has 2 aromatic rings. The third kappa shape index (κ3) is 3.25. The lowest BCUT2D eigenvalue weighted by Gasteiger charge is -2.09. The van der Waals surface area contributed by atoms with Gasteiger partial charge in [-0.3, -0.25) is 0 Å². The molecule has 0 saturated heterocycles. The zero-order chi connectivity index (χ0) is 13.0. The normalized spacial score (nSPS) is 12.6. The molecule has 1 unspecified atom stereocenters. The van der Waals surface area contributed by atoms with E-state index in [1.54, 1.807) is 13.4 Å². The average molecular weight is 374 g/mol. The van der Waals surface area contributed by atoms with Crippen molar-refractivity contribution in [2.45, 2.75) is 11.2 Å². The molecule has 0 aliphatic rings. The topological polar surface area (TPSA) is 22.4 Å². The molecule has 0 saturated carbocycles. The Morgan fingerprint density at radius 2 is 1.94 bits per heavy atom. The fraction of sp³-hybridized carbons (Fsp3) is 0.286. The summed E-state index contributed by atoms with van der Waals surface area (Å²) in [6, 6.07) is 10.5. The summed E-state index contributed by atoms with van der Waals surface area (Å²) in [4.78, 5) is 0.141. The van der Waals surface area contributed by atoms with Gasteiger partial charge < -0.3 is 9.15 Å². The van der Waals surface area contributed by atoms with E-state index in [0.717, 1.165) is 23.3 Å². The SMILES string of the molecule is COCCc1ccc(C(Br)c2ccoc2Br)cc1. The summed E-state index contributed by atoms with van der Waals surface area (Å²) in [5.74, 6) is 0. The molecule has 0 aliphatic heterocycles. The third-order valence-corrected chi connectivity index (χ3v) is 4.45. The van der Waals surface area contributed by atoms with Gasteiger partial charge in [-0.25, -0.2) is 0 Å². The Balaban J connectivity index is 2.12. The summed E-state index contributed by atoms with van der Waals surface area (Å²) in [6.07, 6.45) is 2.62. The highest BCUT2D eigenvalue weighted by atomic mass is 79.9. The van der Waals surface area contributed by atoms with E-state index in [-0.39, 0.29) is 4.83 Å². The van der Waals surface area contributed by atoms with Crippen LogP contribution in [-0.2, 0) is 11.2 Å². The van der Waals surface area contributed by atoms with Crippen molar-refractivity contribution in [2.75, 3.05) is 13.7 Å². The second-order valence-corrected chi connectivity index (χ2v) is 5.63. The molecule has 0 bridgehead atoms. The Morgan fingerprint density at radius 1 is 1.22 bits per heavy atom. The first-order chi connectivity index (χ1) is 8.72. The van der Waals surface area contributed by atoms with E-state index in [9.17, 15) is 0 Å². The van der Waals surface area contributed by atoms with Crippen molar-refractivity contribution in [2.24, 2.45) is 0 Å². The van der Waals surface area contributed by atoms with Gasteiger partial charge in [-0.15, -0.1) is 0 Å². The first-order valence-corrected chi connectivity index (χ1v) is 7.38. The largest absolute Gasteiger partial charge is 0.457 e. The van der Waals surface area contributed by atoms with Crippen molar-refractivity contribution in [1.82, 2.24) is 0 Å². The highest BCUT2D eigenvalue weighted by Gasteiger charge is 2.15. The van der Waals surface area contributed by atoms with Crippen LogP contribution in [0.25, 0.3) is 0 Å². The van der Waals surface area contributed by atoms with Gasteiger partial charge in [0, 0.05) is 12.7 Å². The first kappa shape index (κ1) is 13.8. The molecule has 0 N–H and O–H groups in total. The maximum atomic E-state index is 5.25. The molecule has 2 nitrogen and oxygen atoms in total. The Morgan fingerprint density at radius 3 is 2.50 bits per heavy atom. The number of benzene rings is 1. The van der Waals surface area contributed by atoms with Gasteiger partial charge in [-0.2, -0.15) is 0 Å². The quantitative estimate of drug-likeness (QED) is 0.708. The Bertz CT molecular complexity index is 491. The number of methoxy groups -OCH3 is 1. The van der Waals surface area contributed by atoms with E-state index >= 15 is 0 Å². The van der Waals surface area contributed by atoms with Crippen LogP contribution in [-0.4, -0.2) is 13.7 Å². The monoisotopic (exact) mass is 372 g/mol. The van der Waals surface area contributed by atoms with E-state index in [4.69, 9.17) is 9.15 Å². The van der Waals surface area contributed by atoms with Crippen LogP contribution in [0.5, 0.6) is 0 Å². The molecule has 1 heterocycles. The lowest BCUT2D eigenvalue weighted by Crippen LogP contribution is -1.96. The van der Waals surface area contributed by atoms with Gasteiger partial charge in [-0.05, 0) is 39.5 Å². The van der Waals surface area contributed by atoms with Gasteiger partial charge in [0.1, 0.15) is 0 Å². The van der Waals surface area contributed by atoms with E-state index in [1.165, 1.54) is 11.1 Å². The van der Waals surface area contributed by atoms with Crippen molar-refractivity contribution in [3.05, 3.63) is 58.0 Å². The molecule has 96 valence electrons. The summed E-state index contributed by atoms with van der Waals surface area (Å²) in [6.45, 7) is 0.754. The number of rotatable bonds is 5. The van der Waals surface area contributed by atoms with Gasteiger partial charge in [0.05, 0.1) is 17.7 Å². The van der Waals surface area contributed by atoms with E-state index < -0.39 is 0 Å².